The van der Waals surface area contributed by atoms with Crippen molar-refractivity contribution in [1.82, 2.24) is 14.8 Å². The van der Waals surface area contributed by atoms with E-state index in [2.05, 4.69) is 10.1 Å². The zero-order valence-electron chi connectivity index (χ0n) is 13.5. The maximum atomic E-state index is 13.0. The Labute approximate surface area is 156 Å². The molecule has 0 saturated heterocycles. The number of carbonyl (C=O) groups is 1. The van der Waals surface area contributed by atoms with E-state index in [9.17, 15) is 31.1 Å². The van der Waals surface area contributed by atoms with Crippen molar-refractivity contribution in [2.45, 2.75) is 18.9 Å². The maximum absolute atomic E-state index is 13.0. The molecule has 3 rings (SSSR count). The van der Waals surface area contributed by atoms with E-state index in [1.54, 1.807) is 0 Å². The van der Waals surface area contributed by atoms with Gasteiger partial charge in [0.25, 0.3) is 0 Å². The minimum atomic E-state index is -4.95. The van der Waals surface area contributed by atoms with E-state index in [1.165, 1.54) is 16.3 Å². The second kappa shape index (κ2) is 6.93. The molecule has 5 nitrogen and oxygen atoms in total. The van der Waals surface area contributed by atoms with E-state index in [1.807, 2.05) is 0 Å². The Balaban J connectivity index is 1.94. The van der Waals surface area contributed by atoms with Crippen molar-refractivity contribution in [2.24, 2.45) is 0 Å². The highest BCUT2D eigenvalue weighted by Crippen LogP contribution is 2.38. The number of halogens is 6. The zero-order valence-corrected chi connectivity index (χ0v) is 14.4. The number of hydrogen-bond acceptors (Lipinski definition) is 4. The summed E-state index contributed by atoms with van der Waals surface area (Å²) in [5, 5.41) is 14.3. The molecule has 0 fully saturated rings. The first kappa shape index (κ1) is 19.9. The molecule has 0 spiro atoms. The molecule has 0 aliphatic rings. The molecule has 0 amide bonds. The molecule has 0 radical (unpaired) electrons. The van der Waals surface area contributed by atoms with Gasteiger partial charge in [0.05, 0.1) is 35.1 Å². The van der Waals surface area contributed by atoms with Crippen molar-refractivity contribution in [3.63, 3.8) is 0 Å². The third-order valence-electron chi connectivity index (χ3n) is 3.61. The van der Waals surface area contributed by atoms with Crippen LogP contribution in [-0.4, -0.2) is 25.8 Å². The standard InChI is InChI=1S/C16H9F6N3O2S/c17-15(18,19)10-1-8(2-11(3-10)16(20,21)22)12-7-28-13(24-12)6-25-5-9(4-23-25)14(26)27/h1-5,7H,6H2,(H,26,27). The molecule has 12 heteroatoms. The minimum absolute atomic E-state index is 0.0169. The van der Waals surface area contributed by atoms with Crippen LogP contribution in [0, 0.1) is 0 Å². The summed E-state index contributed by atoms with van der Waals surface area (Å²) in [4.78, 5) is 14.9. The first-order valence-electron chi connectivity index (χ1n) is 7.43. The molecule has 2 heterocycles. The lowest BCUT2D eigenvalue weighted by Gasteiger charge is -2.13. The number of hydrogen-bond donors (Lipinski definition) is 1. The summed E-state index contributed by atoms with van der Waals surface area (Å²) in [5.74, 6) is -1.19. The molecule has 148 valence electrons. The monoisotopic (exact) mass is 421 g/mol. The maximum Gasteiger partial charge on any atom is 0.416 e. The number of aromatic nitrogens is 3. The number of carboxylic acid groups (broad SMARTS) is 1. The molecule has 0 bridgehead atoms. The van der Waals surface area contributed by atoms with Crippen LogP contribution in [0.25, 0.3) is 11.3 Å². The Morgan fingerprint density at radius 3 is 2.18 bits per heavy atom. The number of carboxylic acids is 1. The lowest BCUT2D eigenvalue weighted by Crippen LogP contribution is -2.11. The fraction of sp³-hybridized carbons (Fsp3) is 0.188. The Kier molecular flexibility index (Phi) is 4.91. The van der Waals surface area contributed by atoms with Crippen LogP contribution < -0.4 is 0 Å². The Morgan fingerprint density at radius 2 is 1.68 bits per heavy atom. The van der Waals surface area contributed by atoms with Gasteiger partial charge >= 0.3 is 18.3 Å². The Hall–Kier alpha value is -2.89. The molecule has 2 aromatic heterocycles. The largest absolute Gasteiger partial charge is 0.478 e. The molecule has 0 aliphatic carbocycles. The lowest BCUT2D eigenvalue weighted by atomic mass is 10.0. The number of nitrogens with zero attached hydrogens (tertiary/aromatic N) is 3. The number of alkyl halides is 6. The van der Waals surface area contributed by atoms with Crippen molar-refractivity contribution in [3.05, 3.63) is 57.7 Å². The summed E-state index contributed by atoms with van der Waals surface area (Å²) in [5.41, 5.74) is -3.29. The Bertz CT molecular complexity index is 990. The summed E-state index contributed by atoms with van der Waals surface area (Å²) in [6.07, 6.45) is -7.55. The molecule has 1 N–H and O–H groups in total. The highest BCUT2D eigenvalue weighted by molar-refractivity contribution is 7.09. The van der Waals surface area contributed by atoms with Crippen LogP contribution in [0.2, 0.25) is 0 Å². The summed E-state index contributed by atoms with van der Waals surface area (Å²) < 4.78 is 79.1. The third kappa shape index (κ3) is 4.32. The van der Waals surface area contributed by atoms with Crippen LogP contribution in [0.15, 0.2) is 36.0 Å². The second-order valence-corrected chi connectivity index (χ2v) is 6.60. The van der Waals surface area contributed by atoms with Crippen LogP contribution in [0.4, 0.5) is 26.3 Å². The van der Waals surface area contributed by atoms with Gasteiger partial charge in [-0.1, -0.05) is 0 Å². The molecule has 0 unspecified atom stereocenters. The average molecular weight is 421 g/mol. The van der Waals surface area contributed by atoms with Crippen LogP contribution in [-0.2, 0) is 18.9 Å². The van der Waals surface area contributed by atoms with E-state index in [0.29, 0.717) is 17.1 Å². The van der Waals surface area contributed by atoms with Gasteiger partial charge < -0.3 is 5.11 Å². The van der Waals surface area contributed by atoms with Gasteiger partial charge in [0.15, 0.2) is 0 Å². The molecule has 0 aliphatic heterocycles. The average Bonchev–Trinajstić information content (AvgIpc) is 3.23. The van der Waals surface area contributed by atoms with Crippen molar-refractivity contribution in [2.75, 3.05) is 0 Å². The van der Waals surface area contributed by atoms with E-state index >= 15 is 0 Å². The van der Waals surface area contributed by atoms with Crippen LogP contribution in [0.5, 0.6) is 0 Å². The smallest absolute Gasteiger partial charge is 0.416 e. The van der Waals surface area contributed by atoms with Gasteiger partial charge in [0.2, 0.25) is 0 Å². The molecule has 3 aromatic rings. The van der Waals surface area contributed by atoms with Crippen LogP contribution >= 0.6 is 11.3 Å². The first-order valence-corrected chi connectivity index (χ1v) is 8.31. The number of thiazole rings is 1. The summed E-state index contributed by atoms with van der Waals surface area (Å²) >= 11 is 1.00. The number of rotatable bonds is 4. The molecule has 1 aromatic carbocycles. The lowest BCUT2D eigenvalue weighted by molar-refractivity contribution is -0.143. The third-order valence-corrected chi connectivity index (χ3v) is 4.45. The highest BCUT2D eigenvalue weighted by atomic mass is 32.1. The second-order valence-electron chi connectivity index (χ2n) is 5.65. The molecular formula is C16H9F6N3O2S. The fourth-order valence-corrected chi connectivity index (χ4v) is 3.11. The van der Waals surface area contributed by atoms with Gasteiger partial charge in [-0.3, -0.25) is 4.68 Å². The van der Waals surface area contributed by atoms with Gasteiger partial charge in [-0.05, 0) is 18.2 Å². The number of benzene rings is 1. The summed E-state index contributed by atoms with van der Waals surface area (Å²) in [7, 11) is 0. The quantitative estimate of drug-likeness (QED) is 0.615. The molecule has 0 atom stereocenters. The van der Waals surface area contributed by atoms with E-state index in [0.717, 1.165) is 17.5 Å². The molecule has 28 heavy (non-hydrogen) atoms. The zero-order chi connectivity index (χ0) is 20.7. The highest BCUT2D eigenvalue weighted by Gasteiger charge is 2.37. The number of aromatic carboxylic acids is 1. The van der Waals surface area contributed by atoms with Gasteiger partial charge in [-0.15, -0.1) is 11.3 Å². The molecular weight excluding hydrogens is 412 g/mol. The topological polar surface area (TPSA) is 68.0 Å². The van der Waals surface area contributed by atoms with Gasteiger partial charge in [0, 0.05) is 17.1 Å². The van der Waals surface area contributed by atoms with Crippen molar-refractivity contribution >= 4 is 17.3 Å². The van der Waals surface area contributed by atoms with Crippen LogP contribution in [0.1, 0.15) is 26.5 Å². The summed E-state index contributed by atoms with van der Waals surface area (Å²) in [6.45, 7) is 0.0169. The van der Waals surface area contributed by atoms with Crippen molar-refractivity contribution in [1.29, 1.82) is 0 Å². The fourth-order valence-electron chi connectivity index (χ4n) is 2.32. The predicted molar refractivity (Wildman–Crippen MR) is 85.8 cm³/mol. The predicted octanol–water partition coefficient (Wildman–Crippen LogP) is 4.79. The first-order chi connectivity index (χ1) is 12.9. The van der Waals surface area contributed by atoms with Crippen LogP contribution in [0.3, 0.4) is 0 Å². The minimum Gasteiger partial charge on any atom is -0.478 e. The van der Waals surface area contributed by atoms with Gasteiger partial charge in [0.1, 0.15) is 5.01 Å². The normalized spacial score (nSPS) is 12.4. The van der Waals surface area contributed by atoms with E-state index in [-0.39, 0.29) is 29.4 Å². The summed E-state index contributed by atoms with van der Waals surface area (Å²) in [6, 6.07) is 1.25. The van der Waals surface area contributed by atoms with Crippen molar-refractivity contribution in [3.8, 4) is 11.3 Å². The Morgan fingerprint density at radius 1 is 1.07 bits per heavy atom. The van der Waals surface area contributed by atoms with Gasteiger partial charge in [-0.25, -0.2) is 9.78 Å². The van der Waals surface area contributed by atoms with Gasteiger partial charge in [-0.2, -0.15) is 31.4 Å². The SMILES string of the molecule is O=C(O)c1cnn(Cc2nc(-c3cc(C(F)(F)F)cc(C(F)(F)F)c3)cs2)c1. The van der Waals surface area contributed by atoms with E-state index in [4.69, 9.17) is 5.11 Å². The van der Waals surface area contributed by atoms with E-state index < -0.39 is 29.4 Å². The molecule has 0 saturated carbocycles. The van der Waals surface area contributed by atoms with Crippen molar-refractivity contribution < 1.29 is 36.2 Å².